The van der Waals surface area contributed by atoms with Gasteiger partial charge in [-0.25, -0.2) is 0 Å². The summed E-state index contributed by atoms with van der Waals surface area (Å²) in [6, 6.07) is 0. The predicted octanol–water partition coefficient (Wildman–Crippen LogP) is 6.96. The summed E-state index contributed by atoms with van der Waals surface area (Å²) in [5.74, 6) is 4.57. The van der Waals surface area contributed by atoms with Crippen LogP contribution in [-0.4, -0.2) is 17.0 Å². The molecule has 1 N–H and O–H groups in total. The SMILES string of the molecule is CC(C)CCC[C@@H](C)[C@H]1CC[C@H]2[C@@H]3CC=C4C5(CC5)C(=O)CC[C@]4(C)[C@H]3[C@@H](O)C[C@]12C. The Bertz CT molecular complexity index is 761. The Morgan fingerprint density at radius 1 is 1.10 bits per heavy atom. The van der Waals surface area contributed by atoms with Crippen molar-refractivity contribution in [3.63, 3.8) is 0 Å². The summed E-state index contributed by atoms with van der Waals surface area (Å²) in [5, 5.41) is 11.7. The molecule has 0 heterocycles. The zero-order valence-corrected chi connectivity index (χ0v) is 20.8. The van der Waals surface area contributed by atoms with E-state index >= 15 is 0 Å². The van der Waals surface area contributed by atoms with E-state index in [2.05, 4.69) is 40.7 Å². The second-order valence-corrected chi connectivity index (χ2v) is 13.3. The minimum absolute atomic E-state index is 0.0506. The van der Waals surface area contributed by atoms with Crippen molar-refractivity contribution in [2.45, 2.75) is 111 Å². The molecule has 0 aliphatic heterocycles. The fourth-order valence-electron chi connectivity index (χ4n) is 9.75. The van der Waals surface area contributed by atoms with Crippen LogP contribution in [0.2, 0.25) is 0 Å². The molecule has 2 nitrogen and oxygen atoms in total. The van der Waals surface area contributed by atoms with Gasteiger partial charge >= 0.3 is 0 Å². The summed E-state index contributed by atoms with van der Waals surface area (Å²) in [6.45, 7) is 12.1. The van der Waals surface area contributed by atoms with Gasteiger partial charge in [-0.2, -0.15) is 0 Å². The van der Waals surface area contributed by atoms with Crippen molar-refractivity contribution >= 4 is 5.78 Å². The lowest BCUT2D eigenvalue weighted by Crippen LogP contribution is -2.57. The standard InChI is InChI=1S/C29H46O2/c1-18(2)7-6-8-19(3)21-10-11-22-20-9-12-24-27(4,14-13-25(31)29(24)15-16-29)26(20)23(30)17-28(21,22)5/h12,18-23,26,30H,6-11,13-17H2,1-5H3/t19-,20+,21-,22+,23+,26-,27+,28-/m1/s1. The van der Waals surface area contributed by atoms with E-state index in [0.717, 1.165) is 62.2 Å². The number of fused-ring (bicyclic) bond motifs is 6. The predicted molar refractivity (Wildman–Crippen MR) is 126 cm³/mol. The number of aliphatic hydroxyl groups is 1. The first-order valence-electron chi connectivity index (χ1n) is 13.6. The Balaban J connectivity index is 1.40. The van der Waals surface area contributed by atoms with Gasteiger partial charge in [0.05, 0.1) is 11.5 Å². The summed E-state index contributed by atoms with van der Waals surface area (Å²) in [7, 11) is 0. The van der Waals surface area contributed by atoms with Gasteiger partial charge in [-0.15, -0.1) is 0 Å². The van der Waals surface area contributed by atoms with Crippen LogP contribution in [-0.2, 0) is 4.79 Å². The van der Waals surface area contributed by atoms with Crippen LogP contribution in [0, 0.1) is 51.8 Å². The molecule has 0 unspecified atom stereocenters. The molecule has 0 saturated heterocycles. The van der Waals surface area contributed by atoms with Crippen molar-refractivity contribution in [3.05, 3.63) is 11.6 Å². The third kappa shape index (κ3) is 3.17. The van der Waals surface area contributed by atoms with Crippen molar-refractivity contribution in [1.29, 1.82) is 0 Å². The van der Waals surface area contributed by atoms with Crippen LogP contribution in [0.5, 0.6) is 0 Å². The first-order valence-corrected chi connectivity index (χ1v) is 13.6. The van der Waals surface area contributed by atoms with E-state index in [1.807, 2.05) is 0 Å². The van der Waals surface area contributed by atoms with Crippen molar-refractivity contribution < 1.29 is 9.90 Å². The van der Waals surface area contributed by atoms with Crippen molar-refractivity contribution in [3.8, 4) is 0 Å². The molecule has 0 aromatic carbocycles. The highest BCUT2D eigenvalue weighted by Gasteiger charge is 2.67. The molecule has 5 aliphatic rings. The molecule has 4 saturated carbocycles. The van der Waals surface area contributed by atoms with Crippen LogP contribution < -0.4 is 0 Å². The molecule has 174 valence electrons. The summed E-state index contributed by atoms with van der Waals surface area (Å²) in [5.41, 5.74) is 1.69. The van der Waals surface area contributed by atoms with Crippen LogP contribution in [0.3, 0.4) is 0 Å². The highest BCUT2D eigenvalue weighted by molar-refractivity contribution is 5.92. The lowest BCUT2D eigenvalue weighted by Gasteiger charge is -2.60. The molecule has 5 aliphatic carbocycles. The number of carbonyl (C=O) groups excluding carboxylic acids is 1. The number of ketones is 1. The Hall–Kier alpha value is -0.630. The lowest BCUT2D eigenvalue weighted by atomic mass is 9.44. The molecule has 2 heteroatoms. The van der Waals surface area contributed by atoms with Crippen molar-refractivity contribution in [1.82, 2.24) is 0 Å². The summed E-state index contributed by atoms with van der Waals surface area (Å²) in [6.07, 6.45) is 15.0. The number of Topliss-reactive ketones (excluding diaryl/α,β-unsaturated/α-hetero) is 1. The molecular formula is C29H46O2. The molecule has 31 heavy (non-hydrogen) atoms. The number of rotatable bonds is 5. The zero-order valence-electron chi connectivity index (χ0n) is 20.8. The number of allylic oxidation sites excluding steroid dienone is 2. The Kier molecular flexibility index (Phi) is 5.32. The number of aliphatic hydroxyl groups excluding tert-OH is 1. The van der Waals surface area contributed by atoms with Gasteiger partial charge in [-0.3, -0.25) is 4.79 Å². The molecule has 5 rings (SSSR count). The van der Waals surface area contributed by atoms with Gasteiger partial charge in [0.2, 0.25) is 0 Å². The minimum Gasteiger partial charge on any atom is -0.393 e. The van der Waals surface area contributed by atoms with Crippen LogP contribution in [0.4, 0.5) is 0 Å². The second kappa shape index (κ2) is 7.44. The minimum atomic E-state index is -0.201. The fourth-order valence-corrected chi connectivity index (χ4v) is 9.75. The number of carbonyl (C=O) groups is 1. The summed E-state index contributed by atoms with van der Waals surface area (Å²) >= 11 is 0. The van der Waals surface area contributed by atoms with Gasteiger partial charge in [0.25, 0.3) is 0 Å². The van der Waals surface area contributed by atoms with Gasteiger partial charge < -0.3 is 5.11 Å². The average Bonchev–Trinajstić information content (AvgIpc) is 3.40. The smallest absolute Gasteiger partial charge is 0.143 e. The van der Waals surface area contributed by atoms with Crippen LogP contribution in [0.25, 0.3) is 0 Å². The normalized spacial score (nSPS) is 46.4. The molecule has 0 aromatic rings. The Morgan fingerprint density at radius 3 is 2.52 bits per heavy atom. The molecule has 0 amide bonds. The topological polar surface area (TPSA) is 37.3 Å². The van der Waals surface area contributed by atoms with Gasteiger partial charge in [0.15, 0.2) is 0 Å². The fraction of sp³-hybridized carbons (Fsp3) is 0.897. The highest BCUT2D eigenvalue weighted by Crippen LogP contribution is 2.72. The van der Waals surface area contributed by atoms with Crippen LogP contribution >= 0.6 is 0 Å². The maximum absolute atomic E-state index is 12.8. The number of hydrogen-bond donors (Lipinski definition) is 1. The maximum Gasteiger partial charge on any atom is 0.143 e. The third-order valence-corrected chi connectivity index (χ3v) is 11.3. The first kappa shape index (κ1) is 22.2. The van der Waals surface area contributed by atoms with E-state index in [1.54, 1.807) is 0 Å². The molecule has 4 fully saturated rings. The molecule has 0 aromatic heterocycles. The Labute approximate surface area is 190 Å². The van der Waals surface area contributed by atoms with Crippen molar-refractivity contribution in [2.24, 2.45) is 51.8 Å². The quantitative estimate of drug-likeness (QED) is 0.483. The largest absolute Gasteiger partial charge is 0.393 e. The molecular weight excluding hydrogens is 380 g/mol. The molecule has 1 spiro atoms. The van der Waals surface area contributed by atoms with E-state index in [-0.39, 0.29) is 16.9 Å². The molecule has 0 bridgehead atoms. The van der Waals surface area contributed by atoms with E-state index < -0.39 is 0 Å². The van der Waals surface area contributed by atoms with E-state index in [9.17, 15) is 9.90 Å². The van der Waals surface area contributed by atoms with E-state index in [0.29, 0.717) is 23.0 Å². The summed E-state index contributed by atoms with van der Waals surface area (Å²) in [4.78, 5) is 12.8. The third-order valence-electron chi connectivity index (χ3n) is 11.3. The van der Waals surface area contributed by atoms with Gasteiger partial charge in [0.1, 0.15) is 5.78 Å². The zero-order chi connectivity index (χ0) is 22.2. The van der Waals surface area contributed by atoms with Gasteiger partial charge in [0, 0.05) is 6.42 Å². The lowest BCUT2D eigenvalue weighted by molar-refractivity contribution is -0.141. The first-order chi connectivity index (χ1) is 14.6. The second-order valence-electron chi connectivity index (χ2n) is 13.3. The Morgan fingerprint density at radius 2 is 1.84 bits per heavy atom. The maximum atomic E-state index is 12.8. The van der Waals surface area contributed by atoms with Crippen LogP contribution in [0.15, 0.2) is 11.6 Å². The molecule has 0 radical (unpaired) electrons. The van der Waals surface area contributed by atoms with Crippen LogP contribution in [0.1, 0.15) is 105 Å². The number of hydrogen-bond acceptors (Lipinski definition) is 2. The monoisotopic (exact) mass is 426 g/mol. The summed E-state index contributed by atoms with van der Waals surface area (Å²) < 4.78 is 0. The molecule has 8 atom stereocenters. The van der Waals surface area contributed by atoms with Gasteiger partial charge in [-0.1, -0.05) is 65.5 Å². The van der Waals surface area contributed by atoms with Crippen molar-refractivity contribution in [2.75, 3.05) is 0 Å². The highest BCUT2D eigenvalue weighted by atomic mass is 16.3. The van der Waals surface area contributed by atoms with E-state index in [1.165, 1.54) is 37.7 Å². The van der Waals surface area contributed by atoms with Gasteiger partial charge in [-0.05, 0) is 91.3 Å². The van der Waals surface area contributed by atoms with E-state index in [4.69, 9.17) is 0 Å². The average molecular weight is 427 g/mol.